The molecule has 1 aromatic heterocycles. The molecule has 108 valence electrons. The molecule has 0 aliphatic heterocycles. The zero-order valence-corrected chi connectivity index (χ0v) is 13.2. The zero-order chi connectivity index (χ0) is 14.5. The summed E-state index contributed by atoms with van der Waals surface area (Å²) in [7, 11) is 0. The summed E-state index contributed by atoms with van der Waals surface area (Å²) in [4.78, 5) is 0. The van der Waals surface area contributed by atoms with Crippen LogP contribution in [0.2, 0.25) is 0 Å². The van der Waals surface area contributed by atoms with Crippen LogP contribution in [0.25, 0.3) is 0 Å². The van der Waals surface area contributed by atoms with Gasteiger partial charge in [0.2, 0.25) is 0 Å². The fourth-order valence-corrected chi connectivity index (χ4v) is 2.57. The molecule has 0 aliphatic carbocycles. The van der Waals surface area contributed by atoms with E-state index in [2.05, 4.69) is 67.9 Å². The van der Waals surface area contributed by atoms with Crippen molar-refractivity contribution in [3.05, 3.63) is 58.4 Å². The second-order valence-electron chi connectivity index (χ2n) is 5.64. The van der Waals surface area contributed by atoms with Crippen LogP contribution in [0.5, 0.6) is 0 Å². The highest BCUT2D eigenvalue weighted by molar-refractivity contribution is 5.29. The first kappa shape index (κ1) is 14.9. The monoisotopic (exact) mass is 270 g/mol. The molecular weight excluding hydrogens is 244 g/mol. The predicted molar refractivity (Wildman–Crippen MR) is 86.2 cm³/mol. The molecule has 2 nitrogen and oxygen atoms in total. The average Bonchev–Trinajstić information content (AvgIpc) is 2.69. The molecule has 0 unspecified atom stereocenters. The lowest BCUT2D eigenvalue weighted by Crippen LogP contribution is -2.14. The molecule has 1 heterocycles. The molecule has 0 atom stereocenters. The number of rotatable bonds is 6. The van der Waals surface area contributed by atoms with Crippen LogP contribution in [0.4, 0.5) is 0 Å². The SMILES string of the molecule is CCCNCc1cc(C)n(Cc2ccc(C)cc2)c1C. The first-order valence-electron chi connectivity index (χ1n) is 7.53. The highest BCUT2D eigenvalue weighted by Gasteiger charge is 2.08. The molecule has 2 aromatic rings. The van der Waals surface area contributed by atoms with Crippen LogP contribution < -0.4 is 5.32 Å². The summed E-state index contributed by atoms with van der Waals surface area (Å²) in [6.45, 7) is 11.8. The van der Waals surface area contributed by atoms with Gasteiger partial charge in [0.25, 0.3) is 0 Å². The van der Waals surface area contributed by atoms with Crippen LogP contribution in [-0.4, -0.2) is 11.1 Å². The third kappa shape index (κ3) is 3.51. The van der Waals surface area contributed by atoms with E-state index in [1.165, 1.54) is 34.5 Å². The molecule has 0 radical (unpaired) electrons. The van der Waals surface area contributed by atoms with Crippen LogP contribution in [0, 0.1) is 20.8 Å². The Morgan fingerprint density at radius 1 is 1.05 bits per heavy atom. The van der Waals surface area contributed by atoms with Crippen molar-refractivity contribution >= 4 is 0 Å². The maximum atomic E-state index is 3.49. The maximum absolute atomic E-state index is 3.49. The molecule has 0 spiro atoms. The van der Waals surface area contributed by atoms with E-state index in [1.807, 2.05) is 0 Å². The molecule has 0 amide bonds. The van der Waals surface area contributed by atoms with E-state index >= 15 is 0 Å². The summed E-state index contributed by atoms with van der Waals surface area (Å²) >= 11 is 0. The van der Waals surface area contributed by atoms with Crippen LogP contribution in [0.1, 0.15) is 41.4 Å². The predicted octanol–water partition coefficient (Wildman–Crippen LogP) is 3.96. The quantitative estimate of drug-likeness (QED) is 0.786. The number of aryl methyl sites for hydroxylation is 2. The summed E-state index contributed by atoms with van der Waals surface area (Å²) in [5.74, 6) is 0. The van der Waals surface area contributed by atoms with Gasteiger partial charge >= 0.3 is 0 Å². The molecule has 1 aromatic carbocycles. The Bertz CT molecular complexity index is 550. The molecule has 0 fully saturated rings. The van der Waals surface area contributed by atoms with Gasteiger partial charge in [-0.1, -0.05) is 36.8 Å². The third-order valence-corrected chi connectivity index (χ3v) is 3.88. The summed E-state index contributed by atoms with van der Waals surface area (Å²) < 4.78 is 2.41. The molecule has 2 heteroatoms. The van der Waals surface area contributed by atoms with Gasteiger partial charge in [0.15, 0.2) is 0 Å². The van der Waals surface area contributed by atoms with Gasteiger partial charge in [-0.2, -0.15) is 0 Å². The van der Waals surface area contributed by atoms with E-state index in [1.54, 1.807) is 0 Å². The lowest BCUT2D eigenvalue weighted by molar-refractivity contribution is 0.667. The van der Waals surface area contributed by atoms with Crippen molar-refractivity contribution in [2.45, 2.75) is 47.2 Å². The van der Waals surface area contributed by atoms with Gasteiger partial charge in [-0.3, -0.25) is 0 Å². The Balaban J connectivity index is 2.13. The minimum absolute atomic E-state index is 0.964. The normalized spacial score (nSPS) is 11.0. The second kappa shape index (κ2) is 6.76. The molecule has 0 aliphatic rings. The van der Waals surface area contributed by atoms with Crippen LogP contribution in [0.15, 0.2) is 30.3 Å². The van der Waals surface area contributed by atoms with Gasteiger partial charge in [-0.15, -0.1) is 0 Å². The Labute approximate surface area is 122 Å². The van der Waals surface area contributed by atoms with Gasteiger partial charge in [0.05, 0.1) is 0 Å². The van der Waals surface area contributed by atoms with E-state index in [9.17, 15) is 0 Å². The Morgan fingerprint density at radius 3 is 2.40 bits per heavy atom. The van der Waals surface area contributed by atoms with Crippen LogP contribution in [0.3, 0.4) is 0 Å². The van der Waals surface area contributed by atoms with Gasteiger partial charge < -0.3 is 9.88 Å². The lowest BCUT2D eigenvalue weighted by atomic mass is 10.1. The number of nitrogens with one attached hydrogen (secondary N) is 1. The van der Waals surface area contributed by atoms with Crippen molar-refractivity contribution in [1.82, 2.24) is 9.88 Å². The van der Waals surface area contributed by atoms with Gasteiger partial charge in [-0.25, -0.2) is 0 Å². The number of benzene rings is 1. The minimum atomic E-state index is 0.964. The minimum Gasteiger partial charge on any atom is -0.344 e. The van der Waals surface area contributed by atoms with Crippen molar-refractivity contribution in [1.29, 1.82) is 0 Å². The Hall–Kier alpha value is -1.54. The van der Waals surface area contributed by atoms with E-state index in [4.69, 9.17) is 0 Å². The first-order valence-corrected chi connectivity index (χ1v) is 7.53. The molecule has 0 saturated heterocycles. The molecule has 0 bridgehead atoms. The zero-order valence-electron chi connectivity index (χ0n) is 13.2. The van der Waals surface area contributed by atoms with Gasteiger partial charge in [0.1, 0.15) is 0 Å². The van der Waals surface area contributed by atoms with Crippen molar-refractivity contribution < 1.29 is 0 Å². The highest BCUT2D eigenvalue weighted by Crippen LogP contribution is 2.17. The molecule has 0 saturated carbocycles. The smallest absolute Gasteiger partial charge is 0.0475 e. The standard InChI is InChI=1S/C18H26N2/c1-5-10-19-12-18-11-15(3)20(16(18)4)13-17-8-6-14(2)7-9-17/h6-9,11,19H,5,10,12-13H2,1-4H3. The Morgan fingerprint density at radius 2 is 1.75 bits per heavy atom. The molecule has 2 rings (SSSR count). The van der Waals surface area contributed by atoms with E-state index in [-0.39, 0.29) is 0 Å². The summed E-state index contributed by atoms with van der Waals surface area (Å²) in [6.07, 6.45) is 1.18. The molecule has 1 N–H and O–H groups in total. The number of nitrogens with zero attached hydrogens (tertiary/aromatic N) is 1. The van der Waals surface area contributed by atoms with Crippen molar-refractivity contribution in [3.63, 3.8) is 0 Å². The van der Waals surface area contributed by atoms with E-state index in [0.717, 1.165) is 19.6 Å². The van der Waals surface area contributed by atoms with Crippen molar-refractivity contribution in [2.75, 3.05) is 6.54 Å². The first-order chi connectivity index (χ1) is 9.61. The second-order valence-corrected chi connectivity index (χ2v) is 5.64. The maximum Gasteiger partial charge on any atom is 0.0475 e. The highest BCUT2D eigenvalue weighted by atomic mass is 15.0. The number of hydrogen-bond donors (Lipinski definition) is 1. The van der Waals surface area contributed by atoms with Crippen LogP contribution >= 0.6 is 0 Å². The number of aromatic nitrogens is 1. The van der Waals surface area contributed by atoms with E-state index in [0.29, 0.717) is 0 Å². The van der Waals surface area contributed by atoms with Crippen molar-refractivity contribution in [3.8, 4) is 0 Å². The topological polar surface area (TPSA) is 17.0 Å². The fraction of sp³-hybridized carbons (Fsp3) is 0.444. The summed E-state index contributed by atoms with van der Waals surface area (Å²) in [5.41, 5.74) is 6.83. The largest absolute Gasteiger partial charge is 0.344 e. The lowest BCUT2D eigenvalue weighted by Gasteiger charge is -2.11. The van der Waals surface area contributed by atoms with Gasteiger partial charge in [-0.05, 0) is 50.9 Å². The summed E-state index contributed by atoms with van der Waals surface area (Å²) in [5, 5.41) is 3.49. The fourth-order valence-electron chi connectivity index (χ4n) is 2.57. The molecule has 20 heavy (non-hydrogen) atoms. The third-order valence-electron chi connectivity index (χ3n) is 3.88. The van der Waals surface area contributed by atoms with Crippen LogP contribution in [-0.2, 0) is 13.1 Å². The van der Waals surface area contributed by atoms with Crippen molar-refractivity contribution in [2.24, 2.45) is 0 Å². The number of hydrogen-bond acceptors (Lipinski definition) is 1. The van der Waals surface area contributed by atoms with E-state index < -0.39 is 0 Å². The molecular formula is C18H26N2. The van der Waals surface area contributed by atoms with Gasteiger partial charge in [0, 0.05) is 24.5 Å². The summed E-state index contributed by atoms with van der Waals surface area (Å²) in [6, 6.07) is 11.1. The average molecular weight is 270 g/mol. The Kier molecular flexibility index (Phi) is 5.02.